The first kappa shape index (κ1) is 18.8. The van der Waals surface area contributed by atoms with Crippen LogP contribution in [0.4, 0.5) is 0 Å². The Morgan fingerprint density at radius 3 is 2.58 bits per heavy atom. The highest BCUT2D eigenvalue weighted by Crippen LogP contribution is 2.27. The summed E-state index contributed by atoms with van der Waals surface area (Å²) < 4.78 is 7.12. The second-order valence-electron chi connectivity index (χ2n) is 6.70. The first-order valence-corrected chi connectivity index (χ1v) is 9.97. The number of amides is 1. The van der Waals surface area contributed by atoms with Gasteiger partial charge in [-0.1, -0.05) is 31.0 Å². The molecule has 6 nitrogen and oxygen atoms in total. The Balaban J connectivity index is 1.64. The van der Waals surface area contributed by atoms with Gasteiger partial charge in [0, 0.05) is 18.7 Å². The molecule has 1 atom stereocenters. The van der Waals surface area contributed by atoms with Gasteiger partial charge in [0.1, 0.15) is 5.75 Å². The lowest BCUT2D eigenvalue weighted by molar-refractivity contribution is -0.121. The van der Waals surface area contributed by atoms with E-state index in [-0.39, 0.29) is 11.2 Å². The average Bonchev–Trinajstić information content (AvgIpc) is 3.03. The molecule has 1 fully saturated rings. The molecule has 1 saturated carbocycles. The summed E-state index contributed by atoms with van der Waals surface area (Å²) in [6.07, 6.45) is 5.88. The number of rotatable bonds is 6. The zero-order chi connectivity index (χ0) is 18.5. The van der Waals surface area contributed by atoms with Gasteiger partial charge < -0.3 is 14.6 Å². The number of benzene rings is 1. The van der Waals surface area contributed by atoms with Crippen LogP contribution >= 0.6 is 11.8 Å². The van der Waals surface area contributed by atoms with Gasteiger partial charge in [-0.3, -0.25) is 4.79 Å². The summed E-state index contributed by atoms with van der Waals surface area (Å²) >= 11 is 1.44. The van der Waals surface area contributed by atoms with Gasteiger partial charge in [0.2, 0.25) is 5.91 Å². The molecule has 0 aliphatic heterocycles. The standard InChI is InChI=1S/C19H26N4O2S/c1-13(18(24)20-15-7-5-4-6-8-15)26-19-22-21-17(23(19)2)14-9-11-16(25-3)12-10-14/h9-13,15H,4-8H2,1-3H3,(H,20,24)/t13-/m0/s1. The fraction of sp³-hybridized carbons (Fsp3) is 0.526. The predicted molar refractivity (Wildman–Crippen MR) is 103 cm³/mol. The number of thioether (sulfide) groups is 1. The third-order valence-corrected chi connectivity index (χ3v) is 5.92. The number of carbonyl (C=O) groups excluding carboxylic acids is 1. The maximum absolute atomic E-state index is 12.5. The van der Waals surface area contributed by atoms with Crippen LogP contribution in [0.2, 0.25) is 0 Å². The quantitative estimate of drug-likeness (QED) is 0.785. The van der Waals surface area contributed by atoms with Gasteiger partial charge in [0.05, 0.1) is 12.4 Å². The van der Waals surface area contributed by atoms with Crippen LogP contribution in [0.5, 0.6) is 5.75 Å². The molecule has 0 radical (unpaired) electrons. The van der Waals surface area contributed by atoms with Crippen LogP contribution in [-0.2, 0) is 11.8 Å². The molecule has 1 N–H and O–H groups in total. The molecule has 2 aromatic rings. The van der Waals surface area contributed by atoms with Crippen molar-refractivity contribution in [2.45, 2.75) is 55.5 Å². The van der Waals surface area contributed by atoms with Crippen LogP contribution in [0, 0.1) is 0 Å². The molecule has 1 aromatic carbocycles. The Hall–Kier alpha value is -2.02. The second-order valence-corrected chi connectivity index (χ2v) is 8.01. The van der Waals surface area contributed by atoms with E-state index in [0.29, 0.717) is 6.04 Å². The molecule has 26 heavy (non-hydrogen) atoms. The SMILES string of the molecule is COc1ccc(-c2nnc(S[C@@H](C)C(=O)NC3CCCCC3)n2C)cc1. The summed E-state index contributed by atoms with van der Waals surface area (Å²) in [5.74, 6) is 1.66. The van der Waals surface area contributed by atoms with Crippen molar-refractivity contribution in [2.75, 3.05) is 7.11 Å². The number of nitrogens with zero attached hydrogens (tertiary/aromatic N) is 3. The molecule has 0 unspecified atom stereocenters. The first-order chi connectivity index (χ1) is 12.6. The summed E-state index contributed by atoms with van der Waals surface area (Å²) in [4.78, 5) is 12.5. The maximum Gasteiger partial charge on any atom is 0.233 e. The van der Waals surface area contributed by atoms with E-state index in [2.05, 4.69) is 15.5 Å². The normalized spacial score (nSPS) is 16.3. The van der Waals surface area contributed by atoms with Crippen LogP contribution in [0.1, 0.15) is 39.0 Å². The number of hydrogen-bond donors (Lipinski definition) is 1. The molecular formula is C19H26N4O2S. The fourth-order valence-corrected chi connectivity index (χ4v) is 4.01. The third kappa shape index (κ3) is 4.38. The number of nitrogens with one attached hydrogen (secondary N) is 1. The van der Waals surface area contributed by atoms with E-state index in [1.807, 2.05) is 42.8 Å². The molecule has 1 aliphatic carbocycles. The Morgan fingerprint density at radius 1 is 1.23 bits per heavy atom. The summed E-state index contributed by atoms with van der Waals surface area (Å²) in [5, 5.41) is 12.3. The highest BCUT2D eigenvalue weighted by Gasteiger charge is 2.22. The van der Waals surface area contributed by atoms with Gasteiger partial charge in [-0.2, -0.15) is 0 Å². The minimum Gasteiger partial charge on any atom is -0.497 e. The van der Waals surface area contributed by atoms with Crippen molar-refractivity contribution >= 4 is 17.7 Å². The molecule has 0 bridgehead atoms. The molecule has 0 saturated heterocycles. The van der Waals surface area contributed by atoms with Gasteiger partial charge in [0.25, 0.3) is 0 Å². The van der Waals surface area contributed by atoms with Crippen LogP contribution in [-0.4, -0.2) is 39.1 Å². The lowest BCUT2D eigenvalue weighted by Crippen LogP contribution is -2.40. The number of ether oxygens (including phenoxy) is 1. The van der Waals surface area contributed by atoms with Gasteiger partial charge in [-0.05, 0) is 44.0 Å². The molecule has 3 rings (SSSR count). The highest BCUT2D eigenvalue weighted by molar-refractivity contribution is 8.00. The van der Waals surface area contributed by atoms with E-state index in [4.69, 9.17) is 4.74 Å². The number of carbonyl (C=O) groups is 1. The minimum absolute atomic E-state index is 0.0795. The minimum atomic E-state index is -0.205. The van der Waals surface area contributed by atoms with Crippen molar-refractivity contribution in [3.8, 4) is 17.1 Å². The van der Waals surface area contributed by atoms with Crippen LogP contribution in [0.15, 0.2) is 29.4 Å². The molecule has 140 valence electrons. The highest BCUT2D eigenvalue weighted by atomic mass is 32.2. The summed E-state index contributed by atoms with van der Waals surface area (Å²) in [6, 6.07) is 8.04. The first-order valence-electron chi connectivity index (χ1n) is 9.09. The molecular weight excluding hydrogens is 348 g/mol. The monoisotopic (exact) mass is 374 g/mol. The third-order valence-electron chi connectivity index (χ3n) is 4.79. The van der Waals surface area contributed by atoms with E-state index in [9.17, 15) is 4.79 Å². The summed E-state index contributed by atoms with van der Waals surface area (Å²) in [7, 11) is 3.57. The zero-order valence-corrected chi connectivity index (χ0v) is 16.4. The smallest absolute Gasteiger partial charge is 0.233 e. The van der Waals surface area contributed by atoms with Gasteiger partial charge in [-0.25, -0.2) is 0 Å². The number of hydrogen-bond acceptors (Lipinski definition) is 5. The summed E-state index contributed by atoms with van der Waals surface area (Å²) in [6.45, 7) is 1.92. The van der Waals surface area contributed by atoms with E-state index >= 15 is 0 Å². The lowest BCUT2D eigenvalue weighted by Gasteiger charge is -2.24. The lowest BCUT2D eigenvalue weighted by atomic mass is 9.95. The Bertz CT molecular complexity index is 738. The van der Waals surface area contributed by atoms with Crippen LogP contribution in [0.3, 0.4) is 0 Å². The maximum atomic E-state index is 12.5. The van der Waals surface area contributed by atoms with Gasteiger partial charge in [0.15, 0.2) is 11.0 Å². The predicted octanol–water partition coefficient (Wildman–Crippen LogP) is 3.42. The van der Waals surface area contributed by atoms with Gasteiger partial charge >= 0.3 is 0 Å². The summed E-state index contributed by atoms with van der Waals surface area (Å²) in [5.41, 5.74) is 0.965. The van der Waals surface area contributed by atoms with Crippen molar-refractivity contribution in [1.29, 1.82) is 0 Å². The molecule has 1 aliphatic rings. The van der Waals surface area contributed by atoms with Crippen molar-refractivity contribution in [2.24, 2.45) is 7.05 Å². The van der Waals surface area contributed by atoms with Crippen molar-refractivity contribution < 1.29 is 9.53 Å². The zero-order valence-electron chi connectivity index (χ0n) is 15.6. The fourth-order valence-electron chi connectivity index (χ4n) is 3.19. The topological polar surface area (TPSA) is 69.0 Å². The number of methoxy groups -OCH3 is 1. The Labute approximate surface area is 158 Å². The van der Waals surface area contributed by atoms with Gasteiger partial charge in [-0.15, -0.1) is 10.2 Å². The Morgan fingerprint density at radius 2 is 1.92 bits per heavy atom. The van der Waals surface area contributed by atoms with Crippen LogP contribution in [0.25, 0.3) is 11.4 Å². The van der Waals surface area contributed by atoms with E-state index in [1.165, 1.54) is 31.0 Å². The molecule has 7 heteroatoms. The Kier molecular flexibility index (Phi) is 6.19. The van der Waals surface area contributed by atoms with E-state index in [0.717, 1.165) is 35.1 Å². The second kappa shape index (κ2) is 8.58. The largest absolute Gasteiger partial charge is 0.497 e. The molecule has 1 amide bonds. The van der Waals surface area contributed by atoms with Crippen molar-refractivity contribution in [1.82, 2.24) is 20.1 Å². The van der Waals surface area contributed by atoms with Crippen molar-refractivity contribution in [3.63, 3.8) is 0 Å². The van der Waals surface area contributed by atoms with Crippen molar-refractivity contribution in [3.05, 3.63) is 24.3 Å². The molecule has 1 heterocycles. The van der Waals surface area contributed by atoms with E-state index in [1.54, 1.807) is 7.11 Å². The molecule has 1 aromatic heterocycles. The average molecular weight is 375 g/mol. The molecule has 0 spiro atoms. The van der Waals surface area contributed by atoms with E-state index < -0.39 is 0 Å². The van der Waals surface area contributed by atoms with Crippen LogP contribution < -0.4 is 10.1 Å². The number of aromatic nitrogens is 3.